The van der Waals surface area contributed by atoms with Crippen LogP contribution in [0.4, 0.5) is 0 Å². The van der Waals surface area contributed by atoms with Gasteiger partial charge in [0.2, 0.25) is 0 Å². The van der Waals surface area contributed by atoms with Gasteiger partial charge in [0.25, 0.3) is 0 Å². The minimum Gasteiger partial charge on any atom is -0.223 e. The van der Waals surface area contributed by atoms with E-state index in [2.05, 4.69) is 10.1 Å². The van der Waals surface area contributed by atoms with Crippen molar-refractivity contribution in [1.82, 2.24) is 14.8 Å². The average Bonchev–Trinajstić information content (AvgIpc) is 2.90. The molecule has 0 atom stereocenters. The molecule has 0 unspecified atom stereocenters. The molecule has 0 spiro atoms. The van der Waals surface area contributed by atoms with Crippen molar-refractivity contribution < 1.29 is 0 Å². The summed E-state index contributed by atoms with van der Waals surface area (Å²) in [6.07, 6.45) is 4.59. The van der Waals surface area contributed by atoms with Crippen LogP contribution in [0.25, 0.3) is 11.8 Å². The number of rotatable bonds is 2. The third-order valence-electron chi connectivity index (χ3n) is 2.13. The highest BCUT2D eigenvalue weighted by atomic mass is 15.3. The number of hydrogen-bond acceptors (Lipinski definition) is 4. The van der Waals surface area contributed by atoms with E-state index < -0.39 is 0 Å². The number of hydrogen-bond donors (Lipinski definition) is 0. The molecule has 5 heteroatoms. The molecule has 0 radical (unpaired) electrons. The van der Waals surface area contributed by atoms with Gasteiger partial charge >= 0.3 is 0 Å². The van der Waals surface area contributed by atoms with Gasteiger partial charge in [-0.2, -0.15) is 15.6 Å². The number of benzene rings is 1. The molecule has 2 aromatic rings. The number of nitrogens with zero attached hydrogens (tertiary/aromatic N) is 5. The molecule has 0 fully saturated rings. The average molecular weight is 221 g/mol. The lowest BCUT2D eigenvalue weighted by atomic mass is 10.1. The van der Waals surface area contributed by atoms with Gasteiger partial charge in [-0.1, -0.05) is 12.1 Å². The van der Waals surface area contributed by atoms with Crippen LogP contribution in [0.15, 0.2) is 42.5 Å². The molecule has 0 aliphatic heterocycles. The molecule has 5 nitrogen and oxygen atoms in total. The SMILES string of the molecule is N#CC(C#N)=Cc1ccc(-n2cncn2)cc1. The largest absolute Gasteiger partial charge is 0.223 e. The van der Waals surface area contributed by atoms with Crippen LogP contribution in [0.2, 0.25) is 0 Å². The Morgan fingerprint density at radius 1 is 1.18 bits per heavy atom. The van der Waals surface area contributed by atoms with Gasteiger partial charge in [0, 0.05) is 0 Å². The van der Waals surface area contributed by atoms with Crippen LogP contribution >= 0.6 is 0 Å². The molecular formula is C12H7N5. The van der Waals surface area contributed by atoms with Crippen molar-refractivity contribution in [2.45, 2.75) is 0 Å². The van der Waals surface area contributed by atoms with E-state index in [-0.39, 0.29) is 5.57 Å². The van der Waals surface area contributed by atoms with E-state index in [9.17, 15) is 0 Å². The zero-order valence-corrected chi connectivity index (χ0v) is 8.78. The van der Waals surface area contributed by atoms with Crippen LogP contribution in [0.3, 0.4) is 0 Å². The lowest BCUT2D eigenvalue weighted by Gasteiger charge is -2.00. The van der Waals surface area contributed by atoms with E-state index in [0.717, 1.165) is 11.3 Å². The predicted octanol–water partition coefficient (Wildman–Crippen LogP) is 1.70. The monoisotopic (exact) mass is 221 g/mol. The smallest absolute Gasteiger partial charge is 0.138 e. The highest BCUT2D eigenvalue weighted by molar-refractivity contribution is 5.62. The molecule has 0 saturated heterocycles. The fraction of sp³-hybridized carbons (Fsp3) is 0. The van der Waals surface area contributed by atoms with E-state index in [0.29, 0.717) is 0 Å². The van der Waals surface area contributed by atoms with Gasteiger partial charge < -0.3 is 0 Å². The molecule has 0 bridgehead atoms. The van der Waals surface area contributed by atoms with E-state index in [1.807, 2.05) is 36.4 Å². The lowest BCUT2D eigenvalue weighted by molar-refractivity contribution is 0.879. The third kappa shape index (κ3) is 2.36. The predicted molar refractivity (Wildman–Crippen MR) is 60.6 cm³/mol. The molecule has 0 N–H and O–H groups in total. The number of aromatic nitrogens is 3. The molecule has 0 amide bonds. The summed E-state index contributed by atoms with van der Waals surface area (Å²) < 4.78 is 1.63. The Hall–Kier alpha value is -2.92. The van der Waals surface area contributed by atoms with Crippen LogP contribution in [-0.4, -0.2) is 14.8 Å². The molecule has 1 aromatic carbocycles. The van der Waals surface area contributed by atoms with Crippen LogP contribution < -0.4 is 0 Å². The summed E-state index contributed by atoms with van der Waals surface area (Å²) in [7, 11) is 0. The van der Waals surface area contributed by atoms with Crippen molar-refractivity contribution in [2.24, 2.45) is 0 Å². The fourth-order valence-electron chi connectivity index (χ4n) is 1.32. The summed E-state index contributed by atoms with van der Waals surface area (Å²) in [5.74, 6) is 0. The van der Waals surface area contributed by atoms with Gasteiger partial charge in [-0.3, -0.25) is 0 Å². The van der Waals surface area contributed by atoms with Crippen molar-refractivity contribution >= 4 is 6.08 Å². The normalized spacial score (nSPS) is 9.06. The number of allylic oxidation sites excluding steroid dienone is 1. The number of nitriles is 2. The molecule has 0 saturated carbocycles. The van der Waals surface area contributed by atoms with Crippen LogP contribution in [-0.2, 0) is 0 Å². The molecule has 0 aliphatic carbocycles. The van der Waals surface area contributed by atoms with Gasteiger partial charge in [-0.15, -0.1) is 0 Å². The Bertz CT molecular complexity index is 592. The van der Waals surface area contributed by atoms with Gasteiger partial charge in [0.15, 0.2) is 0 Å². The maximum absolute atomic E-state index is 8.63. The van der Waals surface area contributed by atoms with Gasteiger partial charge in [-0.05, 0) is 23.8 Å². The van der Waals surface area contributed by atoms with E-state index >= 15 is 0 Å². The highest BCUT2D eigenvalue weighted by Crippen LogP contribution is 2.10. The first-order valence-electron chi connectivity index (χ1n) is 4.80. The standard InChI is InChI=1S/C12H7N5/c13-6-11(7-14)5-10-1-3-12(4-2-10)17-9-15-8-16-17/h1-5,8-9H. The molecule has 1 aromatic heterocycles. The Morgan fingerprint density at radius 3 is 2.41 bits per heavy atom. The topological polar surface area (TPSA) is 78.3 Å². The fourth-order valence-corrected chi connectivity index (χ4v) is 1.32. The molecule has 2 rings (SSSR count). The van der Waals surface area contributed by atoms with Crippen molar-refractivity contribution in [3.05, 3.63) is 48.1 Å². The maximum Gasteiger partial charge on any atom is 0.138 e. The van der Waals surface area contributed by atoms with E-state index in [1.54, 1.807) is 11.0 Å². The van der Waals surface area contributed by atoms with Crippen molar-refractivity contribution in [3.8, 4) is 17.8 Å². The van der Waals surface area contributed by atoms with Gasteiger partial charge in [-0.25, -0.2) is 9.67 Å². The summed E-state index contributed by atoms with van der Waals surface area (Å²) in [4.78, 5) is 3.85. The molecule has 0 aliphatic rings. The Labute approximate surface area is 97.9 Å². The second-order valence-corrected chi connectivity index (χ2v) is 3.21. The second kappa shape index (κ2) is 4.73. The summed E-state index contributed by atoms with van der Waals surface area (Å²) >= 11 is 0. The molecule has 17 heavy (non-hydrogen) atoms. The van der Waals surface area contributed by atoms with E-state index in [1.165, 1.54) is 12.4 Å². The molecule has 80 valence electrons. The van der Waals surface area contributed by atoms with Crippen molar-refractivity contribution in [3.63, 3.8) is 0 Å². The second-order valence-electron chi connectivity index (χ2n) is 3.21. The third-order valence-corrected chi connectivity index (χ3v) is 2.13. The Morgan fingerprint density at radius 2 is 1.88 bits per heavy atom. The first kappa shape index (κ1) is 10.6. The first-order valence-corrected chi connectivity index (χ1v) is 4.80. The Kier molecular flexibility index (Phi) is 2.95. The van der Waals surface area contributed by atoms with Gasteiger partial charge in [0.1, 0.15) is 30.4 Å². The zero-order chi connectivity index (χ0) is 12.1. The minimum absolute atomic E-state index is 0.0819. The van der Waals surface area contributed by atoms with Crippen LogP contribution in [0.5, 0.6) is 0 Å². The van der Waals surface area contributed by atoms with Crippen molar-refractivity contribution in [2.75, 3.05) is 0 Å². The zero-order valence-electron chi connectivity index (χ0n) is 8.78. The molecular weight excluding hydrogens is 214 g/mol. The van der Waals surface area contributed by atoms with Crippen molar-refractivity contribution in [1.29, 1.82) is 10.5 Å². The van der Waals surface area contributed by atoms with Crippen LogP contribution in [0.1, 0.15) is 5.56 Å². The highest BCUT2D eigenvalue weighted by Gasteiger charge is 1.97. The first-order chi connectivity index (χ1) is 8.33. The van der Waals surface area contributed by atoms with Crippen LogP contribution in [0, 0.1) is 22.7 Å². The summed E-state index contributed by atoms with van der Waals surface area (Å²) in [6, 6.07) is 10.9. The summed E-state index contributed by atoms with van der Waals surface area (Å²) in [5, 5.41) is 21.3. The lowest BCUT2D eigenvalue weighted by Crippen LogP contribution is -1.93. The molecule has 1 heterocycles. The summed E-state index contributed by atoms with van der Waals surface area (Å²) in [5.41, 5.74) is 1.75. The van der Waals surface area contributed by atoms with Gasteiger partial charge in [0.05, 0.1) is 5.69 Å². The van der Waals surface area contributed by atoms with E-state index in [4.69, 9.17) is 10.5 Å². The summed E-state index contributed by atoms with van der Waals surface area (Å²) in [6.45, 7) is 0. The maximum atomic E-state index is 8.63. The minimum atomic E-state index is 0.0819. The quantitative estimate of drug-likeness (QED) is 0.723. The Balaban J connectivity index is 2.29.